The fourth-order valence-corrected chi connectivity index (χ4v) is 4.61. The van der Waals surface area contributed by atoms with Gasteiger partial charge < -0.3 is 9.47 Å². The number of aromatic nitrogens is 4. The largest absolute Gasteiger partial charge is 0.495 e. The third-order valence-corrected chi connectivity index (χ3v) is 6.25. The van der Waals surface area contributed by atoms with Crippen molar-refractivity contribution in [2.75, 3.05) is 19.1 Å². The lowest BCUT2D eigenvalue weighted by Gasteiger charge is -2.20. The fraction of sp³-hybridized carbons (Fsp3) is 0.125. The molecule has 0 aliphatic rings. The van der Waals surface area contributed by atoms with Gasteiger partial charge in [-0.2, -0.15) is 0 Å². The summed E-state index contributed by atoms with van der Waals surface area (Å²) in [6.07, 6.45) is 6.67. The minimum Gasteiger partial charge on any atom is -0.495 e. The molecule has 8 nitrogen and oxygen atoms in total. The van der Waals surface area contributed by atoms with Crippen molar-refractivity contribution in [3.8, 4) is 11.5 Å². The summed E-state index contributed by atoms with van der Waals surface area (Å²) in [5.41, 5.74) is 3.39. The molecule has 0 aliphatic heterocycles. The number of pyridine rings is 1. The van der Waals surface area contributed by atoms with E-state index in [0.717, 1.165) is 15.8 Å². The number of methoxy groups -OCH3 is 2. The SMILES string of the molecule is COc1ccc(OC)c2sc(N(Cc3cccnc3)C(=O)c3ccc4nccnc4c3)nc12. The van der Waals surface area contributed by atoms with Crippen molar-refractivity contribution in [3.05, 3.63) is 78.4 Å². The zero-order valence-electron chi connectivity index (χ0n) is 17.9. The third-order valence-electron chi connectivity index (χ3n) is 5.15. The van der Waals surface area contributed by atoms with E-state index < -0.39 is 0 Å². The van der Waals surface area contributed by atoms with Crippen LogP contribution >= 0.6 is 11.3 Å². The number of hydrogen-bond acceptors (Lipinski definition) is 8. The maximum absolute atomic E-state index is 13.7. The van der Waals surface area contributed by atoms with Crippen molar-refractivity contribution in [1.82, 2.24) is 19.9 Å². The Labute approximate surface area is 193 Å². The van der Waals surface area contributed by atoms with E-state index in [9.17, 15) is 4.79 Å². The van der Waals surface area contributed by atoms with Crippen LogP contribution in [0.15, 0.2) is 67.3 Å². The molecule has 2 aromatic carbocycles. The van der Waals surface area contributed by atoms with Gasteiger partial charge in [0.2, 0.25) is 0 Å². The number of nitrogens with zero attached hydrogens (tertiary/aromatic N) is 5. The smallest absolute Gasteiger partial charge is 0.260 e. The molecule has 0 unspecified atom stereocenters. The third kappa shape index (κ3) is 3.94. The van der Waals surface area contributed by atoms with Gasteiger partial charge in [-0.1, -0.05) is 17.4 Å². The summed E-state index contributed by atoms with van der Waals surface area (Å²) >= 11 is 1.37. The molecule has 0 fully saturated rings. The number of amides is 1. The normalized spacial score (nSPS) is 11.0. The van der Waals surface area contributed by atoms with Crippen LogP contribution in [0.25, 0.3) is 21.3 Å². The second-order valence-corrected chi connectivity index (χ2v) is 8.13. The Morgan fingerprint density at radius 3 is 2.52 bits per heavy atom. The number of thiazole rings is 1. The lowest BCUT2D eigenvalue weighted by Crippen LogP contribution is -2.30. The van der Waals surface area contributed by atoms with Crippen LogP contribution in [0.5, 0.6) is 11.5 Å². The van der Waals surface area contributed by atoms with Crippen molar-refractivity contribution in [3.63, 3.8) is 0 Å². The molecule has 0 saturated carbocycles. The molecule has 0 spiro atoms. The van der Waals surface area contributed by atoms with Crippen molar-refractivity contribution in [1.29, 1.82) is 0 Å². The van der Waals surface area contributed by atoms with Crippen molar-refractivity contribution in [2.45, 2.75) is 6.54 Å². The first-order chi connectivity index (χ1) is 16.2. The zero-order valence-corrected chi connectivity index (χ0v) is 18.7. The van der Waals surface area contributed by atoms with E-state index in [-0.39, 0.29) is 5.91 Å². The minimum atomic E-state index is -0.205. The monoisotopic (exact) mass is 457 g/mol. The molecule has 3 heterocycles. The van der Waals surface area contributed by atoms with Crippen LogP contribution in [-0.4, -0.2) is 40.1 Å². The molecule has 0 aliphatic carbocycles. The van der Waals surface area contributed by atoms with Gasteiger partial charge >= 0.3 is 0 Å². The molecular formula is C24H19N5O3S. The van der Waals surface area contributed by atoms with E-state index >= 15 is 0 Å². The molecule has 3 aromatic heterocycles. The Balaban J connectivity index is 1.63. The number of rotatable bonds is 6. The zero-order chi connectivity index (χ0) is 22.8. The van der Waals surface area contributed by atoms with E-state index in [0.29, 0.717) is 39.8 Å². The Kier molecular flexibility index (Phi) is 5.54. The molecule has 0 bridgehead atoms. The number of carbonyl (C=O) groups excluding carboxylic acids is 1. The summed E-state index contributed by atoms with van der Waals surface area (Å²) in [6.45, 7) is 0.301. The summed E-state index contributed by atoms with van der Waals surface area (Å²) in [6, 6.07) is 12.7. The molecule has 9 heteroatoms. The summed E-state index contributed by atoms with van der Waals surface area (Å²) < 4.78 is 11.8. The standard InChI is InChI=1S/C24H19N5O3S/c1-31-19-7-8-20(32-2)22-21(19)28-24(33-22)29(14-15-4-3-9-25-13-15)23(30)16-5-6-17-18(12-16)27-11-10-26-17/h3-13H,14H2,1-2H3. The molecule has 5 aromatic rings. The Morgan fingerprint density at radius 2 is 1.76 bits per heavy atom. The van der Waals surface area contributed by atoms with Crippen LogP contribution in [-0.2, 0) is 6.54 Å². The van der Waals surface area contributed by atoms with E-state index in [4.69, 9.17) is 14.5 Å². The van der Waals surface area contributed by atoms with E-state index in [1.165, 1.54) is 11.3 Å². The molecule has 164 valence electrons. The first-order valence-corrected chi connectivity index (χ1v) is 10.9. The lowest BCUT2D eigenvalue weighted by molar-refractivity contribution is 0.0985. The molecule has 0 radical (unpaired) electrons. The minimum absolute atomic E-state index is 0.205. The van der Waals surface area contributed by atoms with Crippen LogP contribution in [0.4, 0.5) is 5.13 Å². The quantitative estimate of drug-likeness (QED) is 0.371. The van der Waals surface area contributed by atoms with Gasteiger partial charge in [0.25, 0.3) is 5.91 Å². The highest BCUT2D eigenvalue weighted by Crippen LogP contribution is 2.40. The van der Waals surface area contributed by atoms with E-state index in [2.05, 4.69) is 15.0 Å². The summed E-state index contributed by atoms with van der Waals surface area (Å²) in [7, 11) is 3.20. The maximum atomic E-state index is 13.7. The number of benzene rings is 2. The first-order valence-electron chi connectivity index (χ1n) is 10.1. The average molecular weight is 458 g/mol. The lowest BCUT2D eigenvalue weighted by atomic mass is 10.1. The number of ether oxygens (including phenoxy) is 2. The van der Waals surface area contributed by atoms with Gasteiger partial charge in [-0.15, -0.1) is 0 Å². The fourth-order valence-electron chi connectivity index (χ4n) is 3.54. The maximum Gasteiger partial charge on any atom is 0.260 e. The second kappa shape index (κ2) is 8.79. The number of hydrogen-bond donors (Lipinski definition) is 0. The number of fused-ring (bicyclic) bond motifs is 2. The number of anilines is 1. The summed E-state index contributed by atoms with van der Waals surface area (Å²) in [4.78, 5) is 33.0. The summed E-state index contributed by atoms with van der Waals surface area (Å²) in [5.74, 6) is 1.08. The predicted octanol–water partition coefficient (Wildman–Crippen LogP) is 4.50. The van der Waals surface area contributed by atoms with Crippen molar-refractivity contribution >= 4 is 43.6 Å². The molecule has 0 atom stereocenters. The van der Waals surface area contributed by atoms with Gasteiger partial charge in [-0.25, -0.2) is 4.98 Å². The summed E-state index contributed by atoms with van der Waals surface area (Å²) in [5, 5.41) is 0.529. The predicted molar refractivity (Wildman–Crippen MR) is 127 cm³/mol. The molecule has 5 rings (SSSR count). The highest BCUT2D eigenvalue weighted by molar-refractivity contribution is 7.22. The van der Waals surface area contributed by atoms with Gasteiger partial charge in [0, 0.05) is 30.4 Å². The van der Waals surface area contributed by atoms with Crippen LogP contribution < -0.4 is 14.4 Å². The van der Waals surface area contributed by atoms with Gasteiger partial charge in [-0.05, 0) is 42.0 Å². The first kappa shape index (κ1) is 20.8. The second-order valence-electron chi connectivity index (χ2n) is 7.16. The Hall–Kier alpha value is -4.11. The van der Waals surface area contributed by atoms with Crippen LogP contribution in [0.1, 0.15) is 15.9 Å². The van der Waals surface area contributed by atoms with E-state index in [1.807, 2.05) is 18.2 Å². The topological polar surface area (TPSA) is 90.3 Å². The molecule has 1 amide bonds. The molecule has 0 saturated heterocycles. The van der Waals surface area contributed by atoms with Crippen LogP contribution in [0.3, 0.4) is 0 Å². The van der Waals surface area contributed by atoms with Gasteiger partial charge in [0.1, 0.15) is 21.7 Å². The molecule has 33 heavy (non-hydrogen) atoms. The highest BCUT2D eigenvalue weighted by atomic mass is 32.1. The number of carbonyl (C=O) groups is 1. The van der Waals surface area contributed by atoms with Gasteiger partial charge in [0.05, 0.1) is 31.8 Å². The molecular weight excluding hydrogens is 438 g/mol. The van der Waals surface area contributed by atoms with Crippen LogP contribution in [0.2, 0.25) is 0 Å². The Morgan fingerprint density at radius 1 is 0.970 bits per heavy atom. The average Bonchev–Trinajstić information content (AvgIpc) is 3.32. The molecule has 0 N–H and O–H groups in total. The van der Waals surface area contributed by atoms with Crippen molar-refractivity contribution in [2.24, 2.45) is 0 Å². The van der Waals surface area contributed by atoms with Gasteiger partial charge in [0.15, 0.2) is 5.13 Å². The Bertz CT molecular complexity index is 1410. The van der Waals surface area contributed by atoms with Gasteiger partial charge in [-0.3, -0.25) is 24.6 Å². The van der Waals surface area contributed by atoms with Crippen molar-refractivity contribution < 1.29 is 14.3 Å². The van der Waals surface area contributed by atoms with E-state index in [1.54, 1.807) is 68.2 Å². The highest BCUT2D eigenvalue weighted by Gasteiger charge is 2.24. The van der Waals surface area contributed by atoms with Crippen LogP contribution in [0, 0.1) is 0 Å².